The first-order valence-corrected chi connectivity index (χ1v) is 8.90. The molecule has 3 rings (SSSR count). The van der Waals surface area contributed by atoms with Crippen molar-refractivity contribution in [1.29, 1.82) is 0 Å². The number of Topliss-reactive ketones (excluding diaryl/α,β-unsaturated/α-hetero) is 1. The minimum Gasteiger partial charge on any atom is -0.462 e. The number of ether oxygens (including phenoxy) is 1. The molecule has 1 aliphatic rings. The quantitative estimate of drug-likeness (QED) is 0.636. The molecule has 0 bridgehead atoms. The van der Waals surface area contributed by atoms with E-state index in [0.29, 0.717) is 22.5 Å². The van der Waals surface area contributed by atoms with Gasteiger partial charge in [-0.05, 0) is 56.7 Å². The number of carbonyl (C=O) groups is 4. The van der Waals surface area contributed by atoms with Gasteiger partial charge in [-0.1, -0.05) is 12.1 Å². The van der Waals surface area contributed by atoms with Crippen LogP contribution in [0.1, 0.15) is 40.1 Å². The maximum atomic E-state index is 12.7. The van der Waals surface area contributed by atoms with Gasteiger partial charge in [0, 0.05) is 5.69 Å². The number of nitrogens with zero attached hydrogens (tertiary/aromatic N) is 1. The molecule has 144 valence electrons. The fourth-order valence-corrected chi connectivity index (χ4v) is 3.13. The number of benzene rings is 2. The van der Waals surface area contributed by atoms with E-state index in [4.69, 9.17) is 4.74 Å². The van der Waals surface area contributed by atoms with E-state index < -0.39 is 29.6 Å². The number of amides is 2. The summed E-state index contributed by atoms with van der Waals surface area (Å²) in [7, 11) is 0. The van der Waals surface area contributed by atoms with Gasteiger partial charge >= 0.3 is 5.97 Å². The number of hydrogen-bond donors (Lipinski definition) is 1. The number of rotatable bonds is 5. The second-order valence-corrected chi connectivity index (χ2v) is 6.44. The molecular weight excluding hydrogens is 360 g/mol. The van der Waals surface area contributed by atoms with Crippen LogP contribution in [0.2, 0.25) is 0 Å². The number of anilines is 2. The highest BCUT2D eigenvalue weighted by molar-refractivity contribution is 6.53. The summed E-state index contributed by atoms with van der Waals surface area (Å²) in [4.78, 5) is 50.3. The smallest absolute Gasteiger partial charge is 0.338 e. The minimum absolute atomic E-state index is 0.276. The second-order valence-electron chi connectivity index (χ2n) is 6.44. The SMILES string of the molecule is CCOC(=O)c1ccc(NC(=O)C(C)N2C(=O)C(=O)c3cccc(C)c32)cc1. The number of fused-ring (bicyclic) bond motifs is 1. The van der Waals surface area contributed by atoms with Crippen molar-refractivity contribution >= 4 is 34.9 Å². The molecule has 0 aliphatic carbocycles. The molecule has 0 saturated heterocycles. The number of para-hydroxylation sites is 1. The van der Waals surface area contributed by atoms with Gasteiger partial charge in [-0.3, -0.25) is 19.3 Å². The highest BCUT2D eigenvalue weighted by Crippen LogP contribution is 2.34. The third kappa shape index (κ3) is 3.38. The van der Waals surface area contributed by atoms with Crippen molar-refractivity contribution in [2.24, 2.45) is 0 Å². The topological polar surface area (TPSA) is 92.8 Å². The van der Waals surface area contributed by atoms with Gasteiger partial charge < -0.3 is 10.1 Å². The van der Waals surface area contributed by atoms with Gasteiger partial charge in [0.1, 0.15) is 6.04 Å². The van der Waals surface area contributed by atoms with Gasteiger partial charge in [0.05, 0.1) is 23.4 Å². The molecule has 1 N–H and O–H groups in total. The van der Waals surface area contributed by atoms with Crippen LogP contribution in [-0.2, 0) is 14.3 Å². The molecule has 0 spiro atoms. The maximum Gasteiger partial charge on any atom is 0.338 e. The summed E-state index contributed by atoms with van der Waals surface area (Å²) in [6, 6.07) is 10.4. The van der Waals surface area contributed by atoms with Crippen LogP contribution in [0.25, 0.3) is 0 Å². The van der Waals surface area contributed by atoms with Gasteiger partial charge in [-0.25, -0.2) is 4.79 Å². The van der Waals surface area contributed by atoms with E-state index in [1.165, 1.54) is 4.90 Å². The highest BCUT2D eigenvalue weighted by Gasteiger charge is 2.41. The number of carbonyl (C=O) groups excluding carboxylic acids is 4. The molecule has 2 aromatic carbocycles. The zero-order valence-electron chi connectivity index (χ0n) is 15.8. The molecule has 7 nitrogen and oxygen atoms in total. The van der Waals surface area contributed by atoms with Crippen LogP contribution in [0.5, 0.6) is 0 Å². The summed E-state index contributed by atoms with van der Waals surface area (Å²) < 4.78 is 4.92. The molecule has 1 unspecified atom stereocenters. The molecule has 0 aromatic heterocycles. The van der Waals surface area contributed by atoms with E-state index >= 15 is 0 Å². The average molecular weight is 380 g/mol. The minimum atomic E-state index is -0.886. The van der Waals surface area contributed by atoms with Crippen molar-refractivity contribution < 1.29 is 23.9 Å². The Morgan fingerprint density at radius 2 is 1.79 bits per heavy atom. The Morgan fingerprint density at radius 3 is 2.43 bits per heavy atom. The summed E-state index contributed by atoms with van der Waals surface area (Å²) in [6.07, 6.45) is 0. The first-order chi connectivity index (χ1) is 13.3. The van der Waals surface area contributed by atoms with Crippen molar-refractivity contribution in [2.45, 2.75) is 26.8 Å². The largest absolute Gasteiger partial charge is 0.462 e. The van der Waals surface area contributed by atoms with Crippen LogP contribution in [0.4, 0.5) is 11.4 Å². The van der Waals surface area contributed by atoms with Gasteiger partial charge in [-0.15, -0.1) is 0 Å². The first kappa shape index (κ1) is 19.3. The van der Waals surface area contributed by atoms with E-state index in [1.54, 1.807) is 63.2 Å². The van der Waals surface area contributed by atoms with Crippen LogP contribution in [0.3, 0.4) is 0 Å². The fourth-order valence-electron chi connectivity index (χ4n) is 3.13. The Labute approximate surface area is 162 Å². The summed E-state index contributed by atoms with van der Waals surface area (Å²) >= 11 is 0. The van der Waals surface area contributed by atoms with Gasteiger partial charge in [0.15, 0.2) is 0 Å². The second kappa shape index (κ2) is 7.64. The molecule has 0 radical (unpaired) electrons. The maximum absolute atomic E-state index is 12.7. The van der Waals surface area contributed by atoms with Crippen molar-refractivity contribution in [3.8, 4) is 0 Å². The number of ketones is 1. The number of nitrogens with one attached hydrogen (secondary N) is 1. The van der Waals surface area contributed by atoms with Crippen LogP contribution in [0.15, 0.2) is 42.5 Å². The summed E-state index contributed by atoms with van der Waals surface area (Å²) in [5, 5.41) is 2.71. The molecule has 2 aromatic rings. The highest BCUT2D eigenvalue weighted by atomic mass is 16.5. The summed E-state index contributed by atoms with van der Waals surface area (Å²) in [6.45, 7) is 5.35. The van der Waals surface area contributed by atoms with Crippen molar-refractivity contribution in [2.75, 3.05) is 16.8 Å². The Kier molecular flexibility index (Phi) is 5.26. The third-order valence-corrected chi connectivity index (χ3v) is 4.57. The summed E-state index contributed by atoms with van der Waals surface area (Å²) in [5.41, 5.74) is 2.36. The standard InChI is InChI=1S/C21H20N2O5/c1-4-28-21(27)14-8-10-15(11-9-14)22-19(25)13(3)23-17-12(2)6-5-7-16(17)18(24)20(23)26/h5-11,13H,4H2,1-3H3,(H,22,25). The zero-order chi connectivity index (χ0) is 20.4. The lowest BCUT2D eigenvalue weighted by Gasteiger charge is -2.25. The number of aryl methyl sites for hydroxylation is 1. The lowest BCUT2D eigenvalue weighted by molar-refractivity contribution is -0.120. The monoisotopic (exact) mass is 380 g/mol. The average Bonchev–Trinajstić information content (AvgIpc) is 2.94. The molecule has 28 heavy (non-hydrogen) atoms. The van der Waals surface area contributed by atoms with Crippen molar-refractivity contribution in [3.05, 3.63) is 59.2 Å². The predicted molar refractivity (Wildman–Crippen MR) is 103 cm³/mol. The van der Waals surface area contributed by atoms with Gasteiger partial charge in [0.25, 0.3) is 11.7 Å². The number of hydrogen-bond acceptors (Lipinski definition) is 5. The van der Waals surface area contributed by atoms with E-state index in [2.05, 4.69) is 5.32 Å². The summed E-state index contributed by atoms with van der Waals surface area (Å²) in [5.74, 6) is -2.22. The molecular formula is C21H20N2O5. The van der Waals surface area contributed by atoms with E-state index in [1.807, 2.05) is 0 Å². The Bertz CT molecular complexity index is 965. The zero-order valence-corrected chi connectivity index (χ0v) is 15.8. The lowest BCUT2D eigenvalue weighted by Crippen LogP contribution is -2.45. The van der Waals surface area contributed by atoms with Crippen LogP contribution in [0, 0.1) is 6.92 Å². The Morgan fingerprint density at radius 1 is 1.11 bits per heavy atom. The molecule has 1 aliphatic heterocycles. The molecule has 1 atom stereocenters. The normalized spacial score (nSPS) is 13.9. The molecule has 2 amide bonds. The molecule has 1 heterocycles. The molecule has 0 saturated carbocycles. The number of esters is 1. The molecule has 0 fully saturated rings. The van der Waals surface area contributed by atoms with E-state index in [-0.39, 0.29) is 6.61 Å². The van der Waals surface area contributed by atoms with Crippen LogP contribution >= 0.6 is 0 Å². The van der Waals surface area contributed by atoms with Gasteiger partial charge in [0.2, 0.25) is 5.91 Å². The Balaban J connectivity index is 1.78. The fraction of sp³-hybridized carbons (Fsp3) is 0.238. The van der Waals surface area contributed by atoms with Crippen molar-refractivity contribution in [3.63, 3.8) is 0 Å². The van der Waals surface area contributed by atoms with Crippen LogP contribution < -0.4 is 10.2 Å². The lowest BCUT2D eigenvalue weighted by atomic mass is 10.1. The van der Waals surface area contributed by atoms with E-state index in [9.17, 15) is 19.2 Å². The van der Waals surface area contributed by atoms with E-state index in [0.717, 1.165) is 5.56 Å². The molecule has 7 heteroatoms. The first-order valence-electron chi connectivity index (χ1n) is 8.90. The predicted octanol–water partition coefficient (Wildman–Crippen LogP) is 2.73. The Hall–Kier alpha value is -3.48. The van der Waals surface area contributed by atoms with Gasteiger partial charge in [-0.2, -0.15) is 0 Å². The van der Waals surface area contributed by atoms with Crippen LogP contribution in [-0.4, -0.2) is 36.2 Å². The third-order valence-electron chi connectivity index (χ3n) is 4.57. The van der Waals surface area contributed by atoms with Crippen molar-refractivity contribution in [1.82, 2.24) is 0 Å².